The van der Waals surface area contributed by atoms with E-state index >= 15 is 0 Å². The molecule has 0 radical (unpaired) electrons. The standard InChI is InChI=1S/C99H164O16P2/c1-4-7-10-13-16-19-22-25-28-31-34-37-39-41-43-44-45-46-47-48-50-52-53-56-58-61-64-67-70-73-76-79-82-85-97(102)109-88-94(100)89-111-116(105,106)112-90-95(101)91-113-117(107,108)114-93-96(115-99(104)87-84-81-78-75-72-69-66-63-60-55-36-33-30-27-24-21-18-15-12-9-6-3)92-110-98(103)86-83-80-77-74-71-68-65-62-59-57-54-51-49-42-40-38-35-32-29-26-23-20-17-14-11-8-5-2/h7-12,16-21,25-30,34-38,41-43,49,54-55,57,63,66,94-96,100-101H,4-6,13-15,22-24,31-33,39-40,44-48,50-53,56,58-62,64-65,67-93H2,1-3H3,(H,105,106)(H,107,108)/b10-7-,11-8-,12-9-,19-16-,20-17-,21-18-,28-25-,29-26-,30-27-,37-34-,38-35-,43-41-,49-42-,55-36-,57-54-,66-63-. The van der Waals surface area contributed by atoms with Gasteiger partial charge in [0, 0.05) is 19.3 Å². The monoisotopic (exact) mass is 1670 g/mol. The van der Waals surface area contributed by atoms with Crippen LogP contribution in [0, 0.1) is 0 Å². The van der Waals surface area contributed by atoms with Crippen LogP contribution in [0.4, 0.5) is 0 Å². The van der Waals surface area contributed by atoms with Crippen molar-refractivity contribution in [3.8, 4) is 0 Å². The molecule has 0 amide bonds. The lowest BCUT2D eigenvalue weighted by Crippen LogP contribution is -2.30. The summed E-state index contributed by atoms with van der Waals surface area (Å²) in [5, 5.41) is 20.7. The van der Waals surface area contributed by atoms with Gasteiger partial charge in [0.25, 0.3) is 0 Å². The minimum Gasteiger partial charge on any atom is -0.463 e. The van der Waals surface area contributed by atoms with E-state index in [2.05, 4.69) is 215 Å². The first kappa shape index (κ1) is 111. The van der Waals surface area contributed by atoms with Gasteiger partial charge in [-0.05, 0) is 161 Å². The number of carbonyl (C=O) groups excluding carboxylic acids is 3. The maximum atomic E-state index is 13.1. The summed E-state index contributed by atoms with van der Waals surface area (Å²) in [5.41, 5.74) is 0. The quantitative estimate of drug-likeness (QED) is 0.0146. The predicted octanol–water partition coefficient (Wildman–Crippen LogP) is 28.2. The Bertz CT molecular complexity index is 2910. The average molecular weight is 1670 g/mol. The third kappa shape index (κ3) is 91.0. The van der Waals surface area contributed by atoms with Crippen molar-refractivity contribution in [3.05, 3.63) is 194 Å². The molecule has 0 aromatic rings. The molecule has 0 aliphatic heterocycles. The van der Waals surface area contributed by atoms with Crippen LogP contribution in [0.5, 0.6) is 0 Å². The third-order valence-corrected chi connectivity index (χ3v) is 20.7. The third-order valence-electron chi connectivity index (χ3n) is 18.8. The van der Waals surface area contributed by atoms with Crippen LogP contribution in [0.25, 0.3) is 0 Å². The van der Waals surface area contributed by atoms with Gasteiger partial charge in [-0.3, -0.25) is 32.5 Å². The normalized spacial score (nSPS) is 14.7. The Morgan fingerprint density at radius 1 is 0.239 bits per heavy atom. The Labute approximate surface area is 712 Å². The van der Waals surface area contributed by atoms with Gasteiger partial charge in [0.05, 0.1) is 26.4 Å². The number of aliphatic hydroxyl groups excluding tert-OH is 2. The lowest BCUT2D eigenvalue weighted by molar-refractivity contribution is -0.161. The maximum absolute atomic E-state index is 13.1. The van der Waals surface area contributed by atoms with Crippen LogP contribution in [0.3, 0.4) is 0 Å². The zero-order chi connectivity index (χ0) is 85.1. The molecule has 0 fully saturated rings. The number of ether oxygens (including phenoxy) is 3. The largest absolute Gasteiger partial charge is 0.472 e. The number of phosphoric acid groups is 2. The number of allylic oxidation sites excluding steroid dienone is 32. The number of rotatable bonds is 85. The first-order valence-corrected chi connectivity index (χ1v) is 48.7. The molecule has 0 aliphatic carbocycles. The van der Waals surface area contributed by atoms with Gasteiger partial charge >= 0.3 is 33.6 Å². The Hall–Kier alpha value is -5.61. The molecular formula is C99H164O16P2. The number of aliphatic hydroxyl groups is 2. The molecule has 117 heavy (non-hydrogen) atoms. The van der Waals surface area contributed by atoms with Crippen molar-refractivity contribution < 1.29 is 75.8 Å². The summed E-state index contributed by atoms with van der Waals surface area (Å²) in [6.07, 6.45) is 119. The van der Waals surface area contributed by atoms with Crippen LogP contribution in [0.15, 0.2) is 194 Å². The topological polar surface area (TPSA) is 231 Å². The second-order valence-corrected chi connectivity index (χ2v) is 32.9. The molecule has 0 rings (SSSR count). The van der Waals surface area contributed by atoms with Crippen LogP contribution in [0.2, 0.25) is 0 Å². The van der Waals surface area contributed by atoms with E-state index in [1.807, 2.05) is 0 Å². The summed E-state index contributed by atoms with van der Waals surface area (Å²) < 4.78 is 61.4. The van der Waals surface area contributed by atoms with E-state index in [9.17, 15) is 43.5 Å². The molecule has 0 spiro atoms. The smallest absolute Gasteiger partial charge is 0.463 e. The fourth-order valence-corrected chi connectivity index (χ4v) is 13.6. The van der Waals surface area contributed by atoms with Gasteiger partial charge in [-0.2, -0.15) is 0 Å². The number of hydrogen-bond acceptors (Lipinski definition) is 14. The lowest BCUT2D eigenvalue weighted by Gasteiger charge is -2.21. The van der Waals surface area contributed by atoms with E-state index in [0.717, 1.165) is 199 Å². The molecule has 4 N–H and O–H groups in total. The summed E-state index contributed by atoms with van der Waals surface area (Å²) >= 11 is 0. The zero-order valence-corrected chi connectivity index (χ0v) is 75.1. The molecular weight excluding hydrogens is 1510 g/mol. The molecule has 0 aromatic carbocycles. The van der Waals surface area contributed by atoms with Crippen molar-refractivity contribution in [1.29, 1.82) is 0 Å². The first-order chi connectivity index (χ1) is 57.2. The zero-order valence-electron chi connectivity index (χ0n) is 73.3. The molecule has 5 unspecified atom stereocenters. The summed E-state index contributed by atoms with van der Waals surface area (Å²) in [4.78, 5) is 59.0. The number of hydrogen-bond donors (Lipinski definition) is 4. The Balaban J connectivity index is 4.60. The average Bonchev–Trinajstić information content (AvgIpc) is 0.894. The number of esters is 3. The van der Waals surface area contributed by atoms with Gasteiger partial charge in [0.2, 0.25) is 0 Å². The van der Waals surface area contributed by atoms with Crippen LogP contribution in [0.1, 0.15) is 355 Å². The van der Waals surface area contributed by atoms with E-state index in [1.54, 1.807) is 0 Å². The Morgan fingerprint density at radius 2 is 0.427 bits per heavy atom. The van der Waals surface area contributed by atoms with Crippen molar-refractivity contribution in [2.24, 2.45) is 0 Å². The summed E-state index contributed by atoms with van der Waals surface area (Å²) in [6, 6.07) is 0. The second kappa shape index (κ2) is 89.6. The van der Waals surface area contributed by atoms with Gasteiger partial charge in [-0.25, -0.2) is 9.13 Å². The van der Waals surface area contributed by atoms with Crippen molar-refractivity contribution in [3.63, 3.8) is 0 Å². The molecule has 0 saturated carbocycles. The molecule has 0 heterocycles. The number of phosphoric ester groups is 2. The Morgan fingerprint density at radius 3 is 0.675 bits per heavy atom. The van der Waals surface area contributed by atoms with Gasteiger partial charge in [0.15, 0.2) is 6.10 Å². The maximum Gasteiger partial charge on any atom is 0.472 e. The minimum absolute atomic E-state index is 0.0737. The van der Waals surface area contributed by atoms with E-state index < -0.39 is 91.5 Å². The van der Waals surface area contributed by atoms with Crippen molar-refractivity contribution in [2.75, 3.05) is 39.6 Å². The van der Waals surface area contributed by atoms with Gasteiger partial charge in [-0.15, -0.1) is 0 Å². The van der Waals surface area contributed by atoms with E-state index in [1.165, 1.54) is 96.3 Å². The van der Waals surface area contributed by atoms with Gasteiger partial charge in [0.1, 0.15) is 25.4 Å². The molecule has 0 bridgehead atoms. The van der Waals surface area contributed by atoms with E-state index in [0.29, 0.717) is 19.3 Å². The number of carbonyl (C=O) groups is 3. The van der Waals surface area contributed by atoms with Crippen LogP contribution in [-0.4, -0.2) is 95.9 Å². The highest BCUT2D eigenvalue weighted by atomic mass is 31.2. The summed E-state index contributed by atoms with van der Waals surface area (Å²) in [6.45, 7) is 2.33. The fourth-order valence-electron chi connectivity index (χ4n) is 12.0. The molecule has 18 heteroatoms. The molecule has 5 atom stereocenters. The number of unbranched alkanes of at least 4 members (excludes halogenated alkanes) is 30. The lowest BCUT2D eigenvalue weighted by atomic mass is 10.0. The van der Waals surface area contributed by atoms with Crippen molar-refractivity contribution in [2.45, 2.75) is 373 Å². The highest BCUT2D eigenvalue weighted by Crippen LogP contribution is 2.45. The molecule has 0 saturated heterocycles. The second-order valence-electron chi connectivity index (χ2n) is 30.0. The van der Waals surface area contributed by atoms with Crippen LogP contribution < -0.4 is 0 Å². The van der Waals surface area contributed by atoms with Crippen LogP contribution >= 0.6 is 15.6 Å². The van der Waals surface area contributed by atoms with E-state index in [-0.39, 0.29) is 19.3 Å². The SMILES string of the molecule is CC/C=C\C/C=C\C/C=C\C/C=C\C/C=C\C/C=C\CCCCCCCCCCC(=O)OCC(COP(=O)(O)OCC(O)COP(=O)(O)OCC(O)COC(=O)CCCCCCCCCCCCCCCCCCC/C=C\C/C=C\C/C=C\C/C=C\C/C=C\CC)OC(=O)CCCCCCC/C=C\C/C=C\C/C=C\C/C=C\C/C=C\CC. The summed E-state index contributed by atoms with van der Waals surface area (Å²) in [5.74, 6) is -1.61. The molecule has 0 aliphatic rings. The fraction of sp³-hybridized carbons (Fsp3) is 0.646. The highest BCUT2D eigenvalue weighted by molar-refractivity contribution is 7.47. The van der Waals surface area contributed by atoms with Crippen LogP contribution in [-0.2, 0) is 55.8 Å². The van der Waals surface area contributed by atoms with Crippen molar-refractivity contribution >= 4 is 33.6 Å². The van der Waals surface area contributed by atoms with Gasteiger partial charge in [-0.1, -0.05) is 369 Å². The Kier molecular flexibility index (Phi) is 85.3. The van der Waals surface area contributed by atoms with E-state index in [4.69, 9.17) is 32.3 Å². The van der Waals surface area contributed by atoms with Gasteiger partial charge < -0.3 is 34.2 Å². The molecule has 16 nitrogen and oxygen atoms in total. The molecule has 666 valence electrons. The first-order valence-electron chi connectivity index (χ1n) is 45.7. The predicted molar refractivity (Wildman–Crippen MR) is 491 cm³/mol. The minimum atomic E-state index is -4.95. The van der Waals surface area contributed by atoms with Crippen molar-refractivity contribution in [1.82, 2.24) is 0 Å². The highest BCUT2D eigenvalue weighted by Gasteiger charge is 2.29. The summed E-state index contributed by atoms with van der Waals surface area (Å²) in [7, 11) is -9.83. The molecule has 0 aromatic heterocycles.